The highest BCUT2D eigenvalue weighted by Gasteiger charge is 2.35. The lowest BCUT2D eigenvalue weighted by atomic mass is 9.86. The van der Waals surface area contributed by atoms with E-state index in [1.807, 2.05) is 77.9 Å². The monoisotopic (exact) mass is 740 g/mol. The van der Waals surface area contributed by atoms with Crippen LogP contribution in [0.5, 0.6) is 11.5 Å². The molecule has 53 heavy (non-hydrogen) atoms. The number of ether oxygens (including phenoxy) is 3. The van der Waals surface area contributed by atoms with Crippen LogP contribution in [0.3, 0.4) is 0 Å². The van der Waals surface area contributed by atoms with E-state index >= 15 is 4.39 Å². The van der Waals surface area contributed by atoms with Crippen molar-refractivity contribution in [2.75, 3.05) is 6.54 Å². The van der Waals surface area contributed by atoms with Gasteiger partial charge in [0.1, 0.15) is 17.0 Å². The van der Waals surface area contributed by atoms with Gasteiger partial charge in [-0.05, 0) is 115 Å². The smallest absolute Gasteiger partial charge is 0.410 e. The van der Waals surface area contributed by atoms with Gasteiger partial charge in [0, 0.05) is 46.9 Å². The van der Waals surface area contributed by atoms with Crippen molar-refractivity contribution in [1.82, 2.24) is 15.2 Å². The number of benzene rings is 3. The summed E-state index contributed by atoms with van der Waals surface area (Å²) in [6.45, 7) is 11.2. The molecule has 0 spiro atoms. The molecule has 0 bridgehead atoms. The van der Waals surface area contributed by atoms with Crippen LogP contribution >= 0.6 is 11.6 Å². The van der Waals surface area contributed by atoms with Crippen molar-refractivity contribution in [2.45, 2.75) is 96.4 Å². The Balaban J connectivity index is 1.51. The molecule has 0 radical (unpaired) electrons. The van der Waals surface area contributed by atoms with Crippen LogP contribution in [-0.2, 0) is 9.47 Å². The van der Waals surface area contributed by atoms with Crippen LogP contribution in [0.25, 0.3) is 11.1 Å². The number of hydrogen-bond donors (Lipinski definition) is 1. The third-order valence-electron chi connectivity index (χ3n) is 8.82. The Morgan fingerprint density at radius 3 is 2.26 bits per heavy atom. The molecular formula is C42H46ClFN4O5. The minimum Gasteiger partial charge on any atom is -0.453 e. The topological polar surface area (TPSA) is 114 Å². The molecule has 11 heteroatoms. The number of carbonyl (C=O) groups is 2. The van der Waals surface area contributed by atoms with Crippen molar-refractivity contribution < 1.29 is 28.2 Å². The lowest BCUT2D eigenvalue weighted by Crippen LogP contribution is -2.49. The number of nitriles is 1. The number of amides is 2. The number of aromatic nitrogens is 1. The summed E-state index contributed by atoms with van der Waals surface area (Å²) >= 11 is 6.78. The molecule has 5 rings (SSSR count). The molecule has 4 aromatic rings. The normalized spacial score (nSPS) is 16.5. The molecule has 0 aliphatic heterocycles. The average molecular weight is 741 g/mol. The Hall–Kier alpha value is -5.14. The second-order valence-electron chi connectivity index (χ2n) is 15.2. The van der Waals surface area contributed by atoms with Gasteiger partial charge in [0.25, 0.3) is 0 Å². The van der Waals surface area contributed by atoms with Crippen LogP contribution < -0.4 is 10.1 Å². The number of hydrogen-bond acceptors (Lipinski definition) is 7. The summed E-state index contributed by atoms with van der Waals surface area (Å²) in [5, 5.41) is 13.3. The van der Waals surface area contributed by atoms with Gasteiger partial charge in [-0.3, -0.25) is 4.98 Å². The quantitative estimate of drug-likeness (QED) is 0.182. The van der Waals surface area contributed by atoms with Gasteiger partial charge in [-0.2, -0.15) is 5.26 Å². The van der Waals surface area contributed by atoms with Crippen LogP contribution in [0.1, 0.15) is 89.8 Å². The van der Waals surface area contributed by atoms with E-state index in [0.29, 0.717) is 37.0 Å². The molecule has 1 fully saturated rings. The molecule has 1 heterocycles. The van der Waals surface area contributed by atoms with Gasteiger partial charge in [-0.15, -0.1) is 0 Å². The highest BCUT2D eigenvalue weighted by Crippen LogP contribution is 2.40. The molecule has 3 aromatic carbocycles. The van der Waals surface area contributed by atoms with Crippen LogP contribution in [0, 0.1) is 17.1 Å². The van der Waals surface area contributed by atoms with Crippen molar-refractivity contribution in [3.05, 3.63) is 113 Å². The molecular weight excluding hydrogens is 695 g/mol. The van der Waals surface area contributed by atoms with Crippen molar-refractivity contribution >= 4 is 23.8 Å². The third-order valence-corrected chi connectivity index (χ3v) is 9.15. The molecule has 1 aliphatic carbocycles. The Kier molecular flexibility index (Phi) is 12.3. The summed E-state index contributed by atoms with van der Waals surface area (Å²) in [5.74, 6) is -0.875. The maximum absolute atomic E-state index is 16.4. The van der Waals surface area contributed by atoms with Crippen LogP contribution in [-0.4, -0.2) is 51.9 Å². The largest absolute Gasteiger partial charge is 0.453 e. The first kappa shape index (κ1) is 39.1. The second-order valence-corrected chi connectivity index (χ2v) is 15.6. The standard InChI is InChI=1S/C42H46ClFN4O5/c1-41(2,3)52-39(49)47-30-16-18-31(19-17-30)48(40(50)53-42(4,5)6)26-34(27-11-8-7-9-12-27)28-14-20-35(43)33(23-28)37-29(24-45)15-21-36(38(37)44)51-32-13-10-22-46-25-32/h7-15,20-23,25,30-31,34H,16-19,26H2,1-6H3,(H,47,49). The van der Waals surface area contributed by atoms with Gasteiger partial charge in [0.05, 0.1) is 17.8 Å². The summed E-state index contributed by atoms with van der Waals surface area (Å²) in [6.07, 6.45) is 4.71. The Labute approximate surface area is 316 Å². The summed E-state index contributed by atoms with van der Waals surface area (Å²) in [7, 11) is 0. The molecule has 1 atom stereocenters. The van der Waals surface area contributed by atoms with Crippen LogP contribution in [0.15, 0.2) is 85.2 Å². The number of rotatable bonds is 9. The first-order valence-corrected chi connectivity index (χ1v) is 18.1. The summed E-state index contributed by atoms with van der Waals surface area (Å²) in [6, 6.07) is 23.1. The van der Waals surface area contributed by atoms with E-state index in [0.717, 1.165) is 11.1 Å². The van der Waals surface area contributed by atoms with E-state index in [1.54, 1.807) is 35.4 Å². The Morgan fingerprint density at radius 1 is 0.943 bits per heavy atom. The van der Waals surface area contributed by atoms with E-state index in [2.05, 4.69) is 16.4 Å². The van der Waals surface area contributed by atoms with Crippen LogP contribution in [0.4, 0.5) is 14.0 Å². The number of nitrogens with zero attached hydrogens (tertiary/aromatic N) is 3. The molecule has 1 aliphatic rings. The fourth-order valence-corrected chi connectivity index (χ4v) is 6.67. The second kappa shape index (κ2) is 16.7. The number of nitrogens with one attached hydrogen (secondary N) is 1. The van der Waals surface area contributed by atoms with E-state index in [1.165, 1.54) is 18.3 Å². The van der Waals surface area contributed by atoms with Crippen molar-refractivity contribution in [3.63, 3.8) is 0 Å². The Morgan fingerprint density at radius 2 is 1.64 bits per heavy atom. The van der Waals surface area contributed by atoms with Gasteiger partial charge < -0.3 is 24.4 Å². The van der Waals surface area contributed by atoms with Crippen molar-refractivity contribution in [3.8, 4) is 28.7 Å². The van der Waals surface area contributed by atoms with Gasteiger partial charge in [0.15, 0.2) is 11.6 Å². The van der Waals surface area contributed by atoms with Crippen LogP contribution in [0.2, 0.25) is 5.02 Å². The zero-order chi connectivity index (χ0) is 38.3. The maximum Gasteiger partial charge on any atom is 0.410 e. The highest BCUT2D eigenvalue weighted by molar-refractivity contribution is 6.33. The zero-order valence-corrected chi connectivity index (χ0v) is 31.7. The van der Waals surface area contributed by atoms with Gasteiger partial charge in [-0.25, -0.2) is 14.0 Å². The highest BCUT2D eigenvalue weighted by atomic mass is 35.5. The molecule has 278 valence electrons. The number of halogens is 2. The molecule has 0 saturated heterocycles. The molecule has 1 saturated carbocycles. The maximum atomic E-state index is 16.4. The van der Waals surface area contributed by atoms with E-state index in [4.69, 9.17) is 25.8 Å². The molecule has 1 N–H and O–H groups in total. The first-order chi connectivity index (χ1) is 25.1. The Bertz CT molecular complexity index is 1930. The third kappa shape index (κ3) is 10.5. The lowest BCUT2D eigenvalue weighted by Gasteiger charge is -2.39. The van der Waals surface area contributed by atoms with Gasteiger partial charge >= 0.3 is 12.2 Å². The average Bonchev–Trinajstić information content (AvgIpc) is 3.10. The fourth-order valence-electron chi connectivity index (χ4n) is 6.46. The minimum absolute atomic E-state index is 0.00681. The number of alkyl carbamates (subject to hydrolysis) is 1. The molecule has 2 amide bonds. The number of pyridine rings is 1. The van der Waals surface area contributed by atoms with E-state index in [9.17, 15) is 14.9 Å². The van der Waals surface area contributed by atoms with E-state index in [-0.39, 0.29) is 46.4 Å². The molecule has 1 unspecified atom stereocenters. The van der Waals surface area contributed by atoms with Gasteiger partial charge in [0.2, 0.25) is 0 Å². The number of carbonyl (C=O) groups excluding carboxylic acids is 2. The first-order valence-electron chi connectivity index (χ1n) is 17.8. The lowest BCUT2D eigenvalue weighted by molar-refractivity contribution is 0.00941. The summed E-state index contributed by atoms with van der Waals surface area (Å²) < 4.78 is 33.6. The fraction of sp³-hybridized carbons (Fsp3) is 0.381. The minimum atomic E-state index is -0.741. The van der Waals surface area contributed by atoms with Crippen molar-refractivity contribution in [2.24, 2.45) is 0 Å². The zero-order valence-electron chi connectivity index (χ0n) is 31.0. The van der Waals surface area contributed by atoms with Crippen molar-refractivity contribution in [1.29, 1.82) is 5.26 Å². The SMILES string of the molecule is CC(C)(C)OC(=O)NC1CCC(N(CC(c2ccccc2)c2ccc(Cl)c(-c3c(C#N)ccc(Oc4cccnc4)c3F)c2)C(=O)OC(C)(C)C)CC1. The summed E-state index contributed by atoms with van der Waals surface area (Å²) in [5.41, 5.74) is 0.732. The molecule has 1 aromatic heterocycles. The van der Waals surface area contributed by atoms with E-state index < -0.39 is 29.2 Å². The summed E-state index contributed by atoms with van der Waals surface area (Å²) in [4.78, 5) is 32.3. The predicted octanol–water partition coefficient (Wildman–Crippen LogP) is 10.4. The predicted molar refractivity (Wildman–Crippen MR) is 203 cm³/mol. The molecule has 9 nitrogen and oxygen atoms in total. The van der Waals surface area contributed by atoms with Gasteiger partial charge in [-0.1, -0.05) is 48.0 Å².